The monoisotopic (exact) mass is 351 g/mol. The van der Waals surface area contributed by atoms with Gasteiger partial charge in [0.25, 0.3) is 0 Å². The molecule has 0 saturated heterocycles. The maximum absolute atomic E-state index is 12.5. The van der Waals surface area contributed by atoms with Crippen LogP contribution in [0.15, 0.2) is 23.2 Å². The highest BCUT2D eigenvalue weighted by molar-refractivity contribution is 7.89. The first-order valence-electron chi connectivity index (χ1n) is 7.38. The van der Waals surface area contributed by atoms with Crippen LogP contribution in [0.1, 0.15) is 38.3 Å². The Morgan fingerprint density at radius 3 is 2.57 bits per heavy atom. The van der Waals surface area contributed by atoms with E-state index in [0.29, 0.717) is 12.5 Å². The summed E-state index contributed by atoms with van der Waals surface area (Å²) in [4.78, 5) is 2.91. The molecule has 0 aromatic carbocycles. The average molecular weight is 351 g/mol. The van der Waals surface area contributed by atoms with Crippen LogP contribution in [0, 0.1) is 5.92 Å². The number of pyridine rings is 1. The third-order valence-corrected chi connectivity index (χ3v) is 6.03. The Morgan fingerprint density at radius 2 is 2.09 bits per heavy atom. The first-order chi connectivity index (χ1) is 10.6. The van der Waals surface area contributed by atoms with E-state index in [2.05, 4.69) is 9.71 Å². The van der Waals surface area contributed by atoms with Gasteiger partial charge in [-0.3, -0.25) is 4.98 Å². The quantitative estimate of drug-likeness (QED) is 0.872. The SMILES string of the molecule is CC1CCCCC1(CN)NS(=O)(=O)c1ccc(C(F)(F)F)nc1. The van der Waals surface area contributed by atoms with Gasteiger partial charge in [-0.2, -0.15) is 13.2 Å². The third-order valence-electron chi connectivity index (χ3n) is 4.49. The minimum absolute atomic E-state index is 0.0541. The summed E-state index contributed by atoms with van der Waals surface area (Å²) in [5.74, 6) is 0.0541. The van der Waals surface area contributed by atoms with Crippen molar-refractivity contribution in [2.75, 3.05) is 6.54 Å². The fourth-order valence-corrected chi connectivity index (χ4v) is 4.42. The molecule has 2 unspecified atom stereocenters. The molecule has 0 amide bonds. The smallest absolute Gasteiger partial charge is 0.329 e. The van der Waals surface area contributed by atoms with Gasteiger partial charge in [-0.1, -0.05) is 19.8 Å². The number of nitrogens with two attached hydrogens (primary N) is 1. The van der Waals surface area contributed by atoms with Crippen LogP contribution in [0.2, 0.25) is 0 Å². The maximum atomic E-state index is 12.5. The van der Waals surface area contributed by atoms with Gasteiger partial charge < -0.3 is 5.73 Å². The molecule has 0 spiro atoms. The average Bonchev–Trinajstić information content (AvgIpc) is 2.49. The largest absolute Gasteiger partial charge is 0.433 e. The molecule has 5 nitrogen and oxygen atoms in total. The second-order valence-electron chi connectivity index (χ2n) is 5.99. The van der Waals surface area contributed by atoms with E-state index in [0.717, 1.165) is 31.5 Å². The van der Waals surface area contributed by atoms with E-state index in [1.807, 2.05) is 6.92 Å². The Bertz CT molecular complexity index is 646. The van der Waals surface area contributed by atoms with Crippen LogP contribution >= 0.6 is 0 Å². The van der Waals surface area contributed by atoms with Crippen LogP contribution in [0.4, 0.5) is 13.2 Å². The van der Waals surface area contributed by atoms with Gasteiger partial charge in [-0.25, -0.2) is 13.1 Å². The normalized spacial score (nSPS) is 26.2. The van der Waals surface area contributed by atoms with E-state index in [9.17, 15) is 21.6 Å². The number of alkyl halides is 3. The fourth-order valence-electron chi connectivity index (χ4n) is 2.94. The summed E-state index contributed by atoms with van der Waals surface area (Å²) in [5, 5.41) is 0. The number of sulfonamides is 1. The highest BCUT2D eigenvalue weighted by Gasteiger charge is 2.41. The van der Waals surface area contributed by atoms with E-state index < -0.39 is 27.4 Å². The molecule has 1 fully saturated rings. The molecule has 130 valence electrons. The predicted octanol–water partition coefficient (Wildman–Crippen LogP) is 2.29. The molecule has 2 atom stereocenters. The van der Waals surface area contributed by atoms with Gasteiger partial charge in [0.15, 0.2) is 0 Å². The molecule has 1 saturated carbocycles. The van der Waals surface area contributed by atoms with Crippen molar-refractivity contribution in [3.8, 4) is 0 Å². The lowest BCUT2D eigenvalue weighted by Crippen LogP contribution is -2.58. The fraction of sp³-hybridized carbons (Fsp3) is 0.643. The van der Waals surface area contributed by atoms with Crippen molar-refractivity contribution in [2.45, 2.75) is 49.2 Å². The Hall–Kier alpha value is -1.19. The van der Waals surface area contributed by atoms with E-state index in [4.69, 9.17) is 5.73 Å². The summed E-state index contributed by atoms with van der Waals surface area (Å²) in [6, 6.07) is 1.57. The van der Waals surface area contributed by atoms with Crippen molar-refractivity contribution in [1.82, 2.24) is 9.71 Å². The van der Waals surface area contributed by atoms with Gasteiger partial charge >= 0.3 is 6.18 Å². The van der Waals surface area contributed by atoms with Gasteiger partial charge in [-0.15, -0.1) is 0 Å². The second kappa shape index (κ2) is 6.37. The standard InChI is InChI=1S/C14H20F3N3O2S/c1-10-4-2-3-7-13(10,9-18)20-23(21,22)11-5-6-12(19-8-11)14(15,16)17/h5-6,8,10,20H,2-4,7,9,18H2,1H3. The first-order valence-corrected chi connectivity index (χ1v) is 8.86. The number of halogens is 3. The molecule has 2 rings (SSSR count). The number of hydrogen-bond donors (Lipinski definition) is 2. The van der Waals surface area contributed by atoms with Gasteiger partial charge in [0.05, 0.1) is 0 Å². The van der Waals surface area contributed by atoms with E-state index in [-0.39, 0.29) is 17.4 Å². The third kappa shape index (κ3) is 3.84. The molecule has 23 heavy (non-hydrogen) atoms. The highest BCUT2D eigenvalue weighted by atomic mass is 32.2. The van der Waals surface area contributed by atoms with Crippen molar-refractivity contribution in [1.29, 1.82) is 0 Å². The predicted molar refractivity (Wildman–Crippen MR) is 79.0 cm³/mol. The van der Waals surface area contributed by atoms with Crippen molar-refractivity contribution in [3.05, 3.63) is 24.0 Å². The number of hydrogen-bond acceptors (Lipinski definition) is 4. The Balaban J connectivity index is 2.27. The summed E-state index contributed by atoms with van der Waals surface area (Å²) < 4.78 is 65.1. The molecule has 0 radical (unpaired) electrons. The number of aromatic nitrogens is 1. The molecule has 3 N–H and O–H groups in total. The van der Waals surface area contributed by atoms with Crippen molar-refractivity contribution < 1.29 is 21.6 Å². The second-order valence-corrected chi connectivity index (χ2v) is 7.67. The molecule has 1 aromatic heterocycles. The van der Waals surface area contributed by atoms with Crippen LogP contribution in [0.3, 0.4) is 0 Å². The maximum Gasteiger partial charge on any atom is 0.433 e. The van der Waals surface area contributed by atoms with E-state index >= 15 is 0 Å². The number of nitrogens with zero attached hydrogens (tertiary/aromatic N) is 1. The van der Waals surface area contributed by atoms with Crippen molar-refractivity contribution in [2.24, 2.45) is 11.7 Å². The summed E-state index contributed by atoms with van der Waals surface area (Å²) in [5.41, 5.74) is 3.91. The van der Waals surface area contributed by atoms with E-state index in [1.54, 1.807) is 0 Å². The zero-order valence-corrected chi connectivity index (χ0v) is 13.5. The summed E-state index contributed by atoms with van der Waals surface area (Å²) in [7, 11) is -3.99. The van der Waals surface area contributed by atoms with Crippen LogP contribution < -0.4 is 10.5 Å². The van der Waals surface area contributed by atoms with Crippen LogP contribution in [0.5, 0.6) is 0 Å². The minimum atomic E-state index is -4.61. The van der Waals surface area contributed by atoms with E-state index in [1.165, 1.54) is 0 Å². The number of rotatable bonds is 4. The van der Waals surface area contributed by atoms with Gasteiger partial charge in [0.2, 0.25) is 10.0 Å². The van der Waals surface area contributed by atoms with Crippen molar-refractivity contribution >= 4 is 10.0 Å². The molecule has 0 bridgehead atoms. The van der Waals surface area contributed by atoms with Gasteiger partial charge in [0.1, 0.15) is 10.6 Å². The highest BCUT2D eigenvalue weighted by Crippen LogP contribution is 2.34. The van der Waals surface area contributed by atoms with Gasteiger partial charge in [-0.05, 0) is 30.9 Å². The zero-order valence-electron chi connectivity index (χ0n) is 12.7. The van der Waals surface area contributed by atoms with Gasteiger partial charge in [0, 0.05) is 18.3 Å². The lowest BCUT2D eigenvalue weighted by atomic mass is 9.74. The molecule has 1 aliphatic rings. The summed E-state index contributed by atoms with van der Waals surface area (Å²) in [6.07, 6.45) is -0.556. The minimum Gasteiger partial charge on any atom is -0.329 e. The lowest BCUT2D eigenvalue weighted by molar-refractivity contribution is -0.141. The van der Waals surface area contributed by atoms with Crippen LogP contribution in [-0.4, -0.2) is 25.5 Å². The summed E-state index contributed by atoms with van der Waals surface area (Å²) >= 11 is 0. The molecule has 0 aliphatic heterocycles. The molecule has 9 heteroatoms. The molecule has 1 aliphatic carbocycles. The molecular formula is C14H20F3N3O2S. The lowest BCUT2D eigenvalue weighted by Gasteiger charge is -2.42. The number of nitrogens with one attached hydrogen (secondary N) is 1. The Labute approximate surface area is 133 Å². The topological polar surface area (TPSA) is 85.1 Å². The Morgan fingerprint density at radius 1 is 1.39 bits per heavy atom. The Kier molecular flexibility index (Phi) is 5.03. The van der Waals surface area contributed by atoms with Crippen LogP contribution in [0.25, 0.3) is 0 Å². The van der Waals surface area contributed by atoms with Crippen molar-refractivity contribution in [3.63, 3.8) is 0 Å². The first kappa shape index (κ1) is 18.2. The molecular weight excluding hydrogens is 331 g/mol. The molecule has 1 heterocycles. The zero-order chi connectivity index (χ0) is 17.3. The molecule has 1 aromatic rings. The summed E-state index contributed by atoms with van der Waals surface area (Å²) in [6.45, 7) is 2.07. The van der Waals surface area contributed by atoms with Crippen LogP contribution in [-0.2, 0) is 16.2 Å².